The van der Waals surface area contributed by atoms with Gasteiger partial charge in [0.05, 0.1) is 28.4 Å². The van der Waals surface area contributed by atoms with Crippen LogP contribution in [-0.2, 0) is 19.4 Å². The number of esters is 1. The van der Waals surface area contributed by atoms with Crippen molar-refractivity contribution in [2.45, 2.75) is 18.2 Å². The maximum atomic E-state index is 13.3. The third kappa shape index (κ3) is 5.02. The van der Waals surface area contributed by atoms with E-state index in [1.165, 1.54) is 48.2 Å². The van der Waals surface area contributed by atoms with Gasteiger partial charge in [-0.25, -0.2) is 21.9 Å². The van der Waals surface area contributed by atoms with E-state index in [-0.39, 0.29) is 9.92 Å². The van der Waals surface area contributed by atoms with Gasteiger partial charge in [0.1, 0.15) is 11.4 Å². The lowest BCUT2D eigenvalue weighted by Gasteiger charge is -2.11. The number of hydrogen-bond donors (Lipinski definition) is 0. The first-order chi connectivity index (χ1) is 14.6. The Kier molecular flexibility index (Phi) is 6.61. The third-order valence-corrected chi connectivity index (χ3v) is 5.97. The van der Waals surface area contributed by atoms with Crippen molar-refractivity contribution in [1.29, 1.82) is 0 Å². The number of alkyl halides is 2. The van der Waals surface area contributed by atoms with E-state index in [0.29, 0.717) is 22.7 Å². The van der Waals surface area contributed by atoms with Crippen LogP contribution in [0.3, 0.4) is 0 Å². The van der Waals surface area contributed by atoms with Gasteiger partial charge >= 0.3 is 5.97 Å². The summed E-state index contributed by atoms with van der Waals surface area (Å²) in [6.45, 7) is 1.10. The Labute approximate surface area is 182 Å². The second-order valence-corrected chi connectivity index (χ2v) is 8.72. The summed E-state index contributed by atoms with van der Waals surface area (Å²) in [5, 5.41) is 4.23. The van der Waals surface area contributed by atoms with Crippen molar-refractivity contribution in [2.75, 3.05) is 13.0 Å². The minimum absolute atomic E-state index is 0.0786. The summed E-state index contributed by atoms with van der Waals surface area (Å²) in [5.74, 6) is -1.10. The standard InChI is InChI=1S/C20H17ClF2N2O5S/c1-12(26)30-11-31(27,28)15-6-3-13(4-7-15)18-10-17(20(22)23)24-25(18)14-5-8-19(29-2)16(21)9-14/h3-10,20H,11H2,1-2H3. The van der Waals surface area contributed by atoms with E-state index in [1.807, 2.05) is 0 Å². The number of halogens is 3. The van der Waals surface area contributed by atoms with Gasteiger partial charge in [-0.05, 0) is 36.4 Å². The van der Waals surface area contributed by atoms with Gasteiger partial charge in [0.25, 0.3) is 6.43 Å². The average molecular weight is 471 g/mol. The van der Waals surface area contributed by atoms with Gasteiger partial charge in [-0.15, -0.1) is 0 Å². The highest BCUT2D eigenvalue weighted by Gasteiger charge is 2.20. The Bertz CT molecular complexity index is 1210. The molecule has 3 aromatic rings. The van der Waals surface area contributed by atoms with E-state index < -0.39 is 33.9 Å². The quantitative estimate of drug-likeness (QED) is 0.475. The number of benzene rings is 2. The second kappa shape index (κ2) is 9.03. The van der Waals surface area contributed by atoms with Gasteiger partial charge in [0.15, 0.2) is 5.94 Å². The predicted molar refractivity (Wildman–Crippen MR) is 109 cm³/mol. The van der Waals surface area contributed by atoms with Gasteiger partial charge in [0.2, 0.25) is 9.84 Å². The minimum Gasteiger partial charge on any atom is -0.495 e. The van der Waals surface area contributed by atoms with Crippen LogP contribution in [-0.4, -0.2) is 37.2 Å². The molecule has 2 aromatic carbocycles. The molecule has 3 rings (SSSR count). The molecular formula is C20H17ClF2N2O5S. The van der Waals surface area contributed by atoms with Crippen LogP contribution in [0.4, 0.5) is 8.78 Å². The van der Waals surface area contributed by atoms with Crippen molar-refractivity contribution in [3.8, 4) is 22.7 Å². The number of hydrogen-bond acceptors (Lipinski definition) is 6. The maximum absolute atomic E-state index is 13.3. The van der Waals surface area contributed by atoms with Crippen LogP contribution >= 0.6 is 11.6 Å². The zero-order valence-electron chi connectivity index (χ0n) is 16.4. The molecule has 0 fully saturated rings. The number of ether oxygens (including phenoxy) is 2. The molecule has 1 aromatic heterocycles. The summed E-state index contributed by atoms with van der Waals surface area (Å²) in [7, 11) is -2.40. The molecule has 0 saturated carbocycles. The molecule has 0 aliphatic heterocycles. The highest BCUT2D eigenvalue weighted by atomic mass is 35.5. The lowest BCUT2D eigenvalue weighted by Crippen LogP contribution is -2.12. The largest absolute Gasteiger partial charge is 0.495 e. The normalized spacial score (nSPS) is 11.5. The van der Waals surface area contributed by atoms with Crippen LogP contribution in [0.25, 0.3) is 16.9 Å². The van der Waals surface area contributed by atoms with Crippen LogP contribution < -0.4 is 4.74 Å². The Morgan fingerprint density at radius 2 is 1.84 bits per heavy atom. The first-order valence-electron chi connectivity index (χ1n) is 8.81. The molecule has 7 nitrogen and oxygen atoms in total. The molecule has 0 aliphatic carbocycles. The molecule has 0 bridgehead atoms. The summed E-state index contributed by atoms with van der Waals surface area (Å²) in [6, 6.07) is 11.4. The first-order valence-corrected chi connectivity index (χ1v) is 10.8. The van der Waals surface area contributed by atoms with E-state index in [9.17, 15) is 22.0 Å². The fourth-order valence-electron chi connectivity index (χ4n) is 2.76. The van der Waals surface area contributed by atoms with Crippen LogP contribution in [0.15, 0.2) is 53.4 Å². The summed E-state index contributed by atoms with van der Waals surface area (Å²) in [6.07, 6.45) is -2.81. The summed E-state index contributed by atoms with van der Waals surface area (Å²) < 4.78 is 62.1. The lowest BCUT2D eigenvalue weighted by atomic mass is 10.1. The van der Waals surface area contributed by atoms with E-state index >= 15 is 0 Å². The Hall–Kier alpha value is -2.98. The van der Waals surface area contributed by atoms with E-state index in [4.69, 9.17) is 16.3 Å². The second-order valence-electron chi connectivity index (χ2n) is 6.38. The van der Waals surface area contributed by atoms with Gasteiger partial charge in [-0.1, -0.05) is 23.7 Å². The Balaban J connectivity index is 2.03. The predicted octanol–water partition coefficient (Wildman–Crippen LogP) is 4.43. The molecule has 31 heavy (non-hydrogen) atoms. The van der Waals surface area contributed by atoms with Gasteiger partial charge in [-0.2, -0.15) is 5.10 Å². The van der Waals surface area contributed by atoms with Crippen LogP contribution in [0.1, 0.15) is 19.0 Å². The number of aromatic nitrogens is 2. The topological polar surface area (TPSA) is 87.5 Å². The highest BCUT2D eigenvalue weighted by Crippen LogP contribution is 2.32. The van der Waals surface area contributed by atoms with Crippen molar-refractivity contribution < 1.29 is 31.5 Å². The molecule has 0 atom stereocenters. The Morgan fingerprint density at radius 3 is 2.39 bits per heavy atom. The van der Waals surface area contributed by atoms with E-state index in [1.54, 1.807) is 12.1 Å². The summed E-state index contributed by atoms with van der Waals surface area (Å²) in [5.41, 5.74) is 0.714. The van der Waals surface area contributed by atoms with Gasteiger partial charge in [0, 0.05) is 12.5 Å². The third-order valence-electron chi connectivity index (χ3n) is 4.26. The zero-order valence-corrected chi connectivity index (χ0v) is 18.0. The van der Waals surface area contributed by atoms with Crippen molar-refractivity contribution in [3.05, 3.63) is 59.2 Å². The van der Waals surface area contributed by atoms with Crippen LogP contribution in [0.2, 0.25) is 5.02 Å². The molecule has 0 N–H and O–H groups in total. The highest BCUT2D eigenvalue weighted by molar-refractivity contribution is 7.91. The van der Waals surface area contributed by atoms with Crippen LogP contribution in [0, 0.1) is 0 Å². The molecule has 0 aliphatic rings. The van der Waals surface area contributed by atoms with Gasteiger partial charge in [-0.3, -0.25) is 4.79 Å². The molecule has 0 radical (unpaired) electrons. The van der Waals surface area contributed by atoms with Crippen molar-refractivity contribution >= 4 is 27.4 Å². The molecule has 0 amide bonds. The number of sulfone groups is 1. The molecule has 0 saturated heterocycles. The molecule has 11 heteroatoms. The van der Waals surface area contributed by atoms with E-state index in [2.05, 4.69) is 9.84 Å². The maximum Gasteiger partial charge on any atom is 0.303 e. The smallest absolute Gasteiger partial charge is 0.303 e. The van der Waals surface area contributed by atoms with Crippen molar-refractivity contribution in [2.24, 2.45) is 0 Å². The van der Waals surface area contributed by atoms with Gasteiger partial charge < -0.3 is 9.47 Å². The Morgan fingerprint density at radius 1 is 1.16 bits per heavy atom. The van der Waals surface area contributed by atoms with Crippen molar-refractivity contribution in [3.63, 3.8) is 0 Å². The number of carbonyl (C=O) groups excluding carboxylic acids is 1. The SMILES string of the molecule is COc1ccc(-n2nc(C(F)F)cc2-c2ccc(S(=O)(=O)COC(C)=O)cc2)cc1Cl. The summed E-state index contributed by atoms with van der Waals surface area (Å²) >= 11 is 6.15. The zero-order chi connectivity index (χ0) is 22.8. The molecular weight excluding hydrogens is 454 g/mol. The first kappa shape index (κ1) is 22.7. The molecule has 164 valence electrons. The average Bonchev–Trinajstić information content (AvgIpc) is 3.18. The number of nitrogens with zero attached hydrogens (tertiary/aromatic N) is 2. The van der Waals surface area contributed by atoms with E-state index in [0.717, 1.165) is 6.92 Å². The lowest BCUT2D eigenvalue weighted by molar-refractivity contribution is -0.138. The monoisotopic (exact) mass is 470 g/mol. The van der Waals surface area contributed by atoms with Crippen LogP contribution in [0.5, 0.6) is 5.75 Å². The van der Waals surface area contributed by atoms with Crippen molar-refractivity contribution in [1.82, 2.24) is 9.78 Å². The number of rotatable bonds is 7. The molecule has 1 heterocycles. The number of carbonyl (C=O) groups is 1. The molecule has 0 spiro atoms. The summed E-state index contributed by atoms with van der Waals surface area (Å²) in [4.78, 5) is 10.8. The number of methoxy groups -OCH3 is 1. The molecule has 0 unspecified atom stereocenters. The minimum atomic E-state index is -3.85. The fourth-order valence-corrected chi connectivity index (χ4v) is 4.02. The fraction of sp³-hybridized carbons (Fsp3) is 0.200.